The van der Waals surface area contributed by atoms with Gasteiger partial charge in [-0.3, -0.25) is 4.40 Å². The maximum Gasteiger partial charge on any atom is 0.241 e. The van der Waals surface area contributed by atoms with Gasteiger partial charge in [0, 0.05) is 18.3 Å². The second-order valence-electron chi connectivity index (χ2n) is 6.30. The molecule has 0 radical (unpaired) electrons. The highest BCUT2D eigenvalue weighted by Crippen LogP contribution is 2.36. The van der Waals surface area contributed by atoms with E-state index in [0.29, 0.717) is 11.3 Å². The molecule has 0 spiro atoms. The summed E-state index contributed by atoms with van der Waals surface area (Å²) < 4.78 is 1.85. The van der Waals surface area contributed by atoms with Gasteiger partial charge in [-0.05, 0) is 45.4 Å². The van der Waals surface area contributed by atoms with Gasteiger partial charge in [0.05, 0.1) is 5.60 Å². The lowest BCUT2D eigenvalue weighted by molar-refractivity contribution is 0.0310. The van der Waals surface area contributed by atoms with Crippen LogP contribution in [0.5, 0.6) is 5.88 Å². The average Bonchev–Trinajstić information content (AvgIpc) is 2.73. The number of imidazole rings is 1. The van der Waals surface area contributed by atoms with Crippen molar-refractivity contribution in [2.24, 2.45) is 0 Å². The maximum atomic E-state index is 10.2. The van der Waals surface area contributed by atoms with Crippen LogP contribution < -0.4 is 5.73 Å². The van der Waals surface area contributed by atoms with Crippen LogP contribution in [0, 0.1) is 0 Å². The van der Waals surface area contributed by atoms with Crippen LogP contribution in [0.4, 0.5) is 5.82 Å². The highest BCUT2D eigenvalue weighted by Gasteiger charge is 2.27. The summed E-state index contributed by atoms with van der Waals surface area (Å²) in [5.74, 6) is 1.36. The zero-order valence-corrected chi connectivity index (χ0v) is 12.3. The van der Waals surface area contributed by atoms with Crippen LogP contribution in [0.2, 0.25) is 0 Å². The Morgan fingerprint density at radius 2 is 2.00 bits per heavy atom. The normalized spacial score (nSPS) is 27.4. The standard InChI is InChI=1S/C15H22N4O2/c1-15(21)6-2-4-10(5-3-7-15)13-18-14(20)11-12(16)17-8-9-19(11)13/h8-10,20-21H,2-7H2,1H3,(H2,16,17). The number of rotatable bonds is 1. The van der Waals surface area contributed by atoms with E-state index in [2.05, 4.69) is 9.97 Å². The van der Waals surface area contributed by atoms with E-state index in [1.165, 1.54) is 0 Å². The minimum absolute atomic E-state index is 0.0512. The third-order valence-corrected chi connectivity index (χ3v) is 4.49. The molecule has 0 aromatic carbocycles. The van der Waals surface area contributed by atoms with Gasteiger partial charge >= 0.3 is 0 Å². The second kappa shape index (κ2) is 5.18. The monoisotopic (exact) mass is 290 g/mol. The number of anilines is 1. The van der Waals surface area contributed by atoms with Crippen molar-refractivity contribution in [1.29, 1.82) is 0 Å². The largest absolute Gasteiger partial charge is 0.492 e. The predicted molar refractivity (Wildman–Crippen MR) is 80.1 cm³/mol. The SMILES string of the molecule is CC1(O)CCCC(c2nc(O)c3c(N)nccn23)CCC1. The van der Waals surface area contributed by atoms with Crippen LogP contribution in [-0.2, 0) is 0 Å². The summed E-state index contributed by atoms with van der Waals surface area (Å²) in [7, 11) is 0. The summed E-state index contributed by atoms with van der Waals surface area (Å²) in [5.41, 5.74) is 5.77. The Kier molecular flexibility index (Phi) is 3.49. The van der Waals surface area contributed by atoms with E-state index in [1.54, 1.807) is 12.4 Å². The van der Waals surface area contributed by atoms with Gasteiger partial charge in [0.15, 0.2) is 11.3 Å². The fourth-order valence-electron chi connectivity index (χ4n) is 3.34. The number of aromatic hydroxyl groups is 1. The summed E-state index contributed by atoms with van der Waals surface area (Å²) in [6.07, 6.45) is 8.85. The molecule has 0 atom stereocenters. The predicted octanol–water partition coefficient (Wildman–Crippen LogP) is 2.21. The molecule has 1 aliphatic carbocycles. The Hall–Kier alpha value is -1.82. The average molecular weight is 290 g/mol. The summed E-state index contributed by atoms with van der Waals surface area (Å²) >= 11 is 0. The fraction of sp³-hybridized carbons (Fsp3) is 0.600. The van der Waals surface area contributed by atoms with Gasteiger partial charge in [0.2, 0.25) is 5.88 Å². The molecule has 3 rings (SSSR count). The minimum atomic E-state index is -0.546. The van der Waals surface area contributed by atoms with Crippen LogP contribution in [0.3, 0.4) is 0 Å². The van der Waals surface area contributed by atoms with E-state index < -0.39 is 5.60 Å². The molecule has 2 heterocycles. The van der Waals surface area contributed by atoms with Crippen molar-refractivity contribution < 1.29 is 10.2 Å². The molecule has 0 aliphatic heterocycles. The molecule has 6 nitrogen and oxygen atoms in total. The smallest absolute Gasteiger partial charge is 0.241 e. The number of fused-ring (bicyclic) bond motifs is 1. The molecule has 4 N–H and O–H groups in total. The molecule has 1 fully saturated rings. The van der Waals surface area contributed by atoms with Gasteiger partial charge in [-0.25, -0.2) is 4.98 Å². The number of aliphatic hydroxyl groups is 1. The van der Waals surface area contributed by atoms with E-state index in [0.717, 1.165) is 44.3 Å². The molecule has 21 heavy (non-hydrogen) atoms. The van der Waals surface area contributed by atoms with Gasteiger partial charge in [-0.2, -0.15) is 4.98 Å². The van der Waals surface area contributed by atoms with Crippen molar-refractivity contribution >= 4 is 11.3 Å². The minimum Gasteiger partial charge on any atom is -0.492 e. The Morgan fingerprint density at radius 1 is 1.33 bits per heavy atom. The van der Waals surface area contributed by atoms with Crippen molar-refractivity contribution in [3.05, 3.63) is 18.2 Å². The maximum absolute atomic E-state index is 10.2. The Bertz CT molecular complexity index is 638. The van der Waals surface area contributed by atoms with E-state index in [9.17, 15) is 10.2 Å². The molecule has 0 saturated heterocycles. The van der Waals surface area contributed by atoms with Gasteiger partial charge in [0.1, 0.15) is 5.82 Å². The highest BCUT2D eigenvalue weighted by molar-refractivity contribution is 5.72. The molecule has 2 aromatic heterocycles. The van der Waals surface area contributed by atoms with E-state index in [4.69, 9.17) is 5.73 Å². The van der Waals surface area contributed by atoms with Gasteiger partial charge in [0.25, 0.3) is 0 Å². The van der Waals surface area contributed by atoms with E-state index in [1.807, 2.05) is 11.3 Å². The fourth-order valence-corrected chi connectivity index (χ4v) is 3.34. The van der Waals surface area contributed by atoms with Crippen molar-refractivity contribution in [2.45, 2.75) is 57.0 Å². The number of nitrogen functional groups attached to an aromatic ring is 1. The third-order valence-electron chi connectivity index (χ3n) is 4.49. The van der Waals surface area contributed by atoms with E-state index >= 15 is 0 Å². The second-order valence-corrected chi connectivity index (χ2v) is 6.30. The number of nitrogens with zero attached hydrogens (tertiary/aromatic N) is 3. The lowest BCUT2D eigenvalue weighted by Crippen LogP contribution is -2.26. The summed E-state index contributed by atoms with van der Waals surface area (Å²) in [6, 6.07) is 0. The lowest BCUT2D eigenvalue weighted by Gasteiger charge is -2.28. The summed E-state index contributed by atoms with van der Waals surface area (Å²) in [5, 5.41) is 20.2. The first-order chi connectivity index (χ1) is 9.98. The first kappa shape index (κ1) is 14.1. The van der Waals surface area contributed by atoms with Gasteiger partial charge < -0.3 is 15.9 Å². The zero-order chi connectivity index (χ0) is 15.0. The van der Waals surface area contributed by atoms with Crippen LogP contribution in [-0.4, -0.2) is 30.2 Å². The van der Waals surface area contributed by atoms with Gasteiger partial charge in [-0.1, -0.05) is 0 Å². The number of aromatic nitrogens is 3. The molecule has 2 aromatic rings. The van der Waals surface area contributed by atoms with Crippen LogP contribution in [0.25, 0.3) is 5.52 Å². The molecule has 1 saturated carbocycles. The van der Waals surface area contributed by atoms with Crippen molar-refractivity contribution in [2.75, 3.05) is 5.73 Å². The zero-order valence-electron chi connectivity index (χ0n) is 12.3. The topological polar surface area (TPSA) is 96.7 Å². The highest BCUT2D eigenvalue weighted by atomic mass is 16.3. The molecule has 1 aliphatic rings. The molecule has 114 valence electrons. The van der Waals surface area contributed by atoms with Crippen molar-refractivity contribution in [3.63, 3.8) is 0 Å². The first-order valence-electron chi connectivity index (χ1n) is 7.52. The molecule has 6 heteroatoms. The van der Waals surface area contributed by atoms with Crippen LogP contribution in [0.15, 0.2) is 12.4 Å². The van der Waals surface area contributed by atoms with Crippen molar-refractivity contribution in [3.8, 4) is 5.88 Å². The Labute approximate surface area is 123 Å². The number of nitrogens with two attached hydrogens (primary N) is 1. The third kappa shape index (κ3) is 2.68. The Morgan fingerprint density at radius 3 is 2.67 bits per heavy atom. The van der Waals surface area contributed by atoms with Crippen LogP contribution in [0.1, 0.15) is 57.2 Å². The Balaban J connectivity index is 1.92. The van der Waals surface area contributed by atoms with Crippen molar-refractivity contribution in [1.82, 2.24) is 14.4 Å². The molecule has 0 unspecified atom stereocenters. The first-order valence-corrected chi connectivity index (χ1v) is 7.52. The quantitative estimate of drug-likeness (QED) is 0.748. The molecule has 0 bridgehead atoms. The summed E-state index contributed by atoms with van der Waals surface area (Å²) in [4.78, 5) is 8.32. The molecule has 0 amide bonds. The van der Waals surface area contributed by atoms with Crippen LogP contribution >= 0.6 is 0 Å². The number of hydrogen-bond donors (Lipinski definition) is 3. The van der Waals surface area contributed by atoms with Gasteiger partial charge in [-0.15, -0.1) is 0 Å². The molecular weight excluding hydrogens is 268 g/mol. The number of hydrogen-bond acceptors (Lipinski definition) is 5. The van der Waals surface area contributed by atoms with E-state index in [-0.39, 0.29) is 11.8 Å². The summed E-state index contributed by atoms with van der Waals surface area (Å²) in [6.45, 7) is 1.91. The lowest BCUT2D eigenvalue weighted by atomic mass is 9.84. The molecular formula is C15H22N4O2.